The average molecular weight is 374 g/mol. The van der Waals surface area contributed by atoms with Crippen molar-refractivity contribution in [3.05, 3.63) is 35.3 Å². The molecule has 2 heterocycles. The maximum atomic E-state index is 13.5. The van der Waals surface area contributed by atoms with E-state index >= 15 is 0 Å². The number of furan rings is 1. The number of hydrogen-bond acceptors (Lipinski definition) is 3. The number of fused-ring (bicyclic) bond motifs is 1. The van der Waals surface area contributed by atoms with Crippen LogP contribution in [-0.4, -0.2) is 36.3 Å². The van der Waals surface area contributed by atoms with Crippen LogP contribution in [-0.2, 0) is 4.79 Å². The second-order valence-corrected chi connectivity index (χ2v) is 7.26. The Balaban J connectivity index is 1.59. The molecule has 2 amide bonds. The molecule has 1 N–H and O–H groups in total. The minimum atomic E-state index is -0.351. The van der Waals surface area contributed by atoms with Crippen molar-refractivity contribution in [3.8, 4) is 0 Å². The summed E-state index contributed by atoms with van der Waals surface area (Å²) in [5.74, 6) is -0.227. The van der Waals surface area contributed by atoms with Crippen LogP contribution in [0.15, 0.2) is 22.6 Å². The largest absolute Gasteiger partial charge is 0.451 e. The number of amides is 2. The van der Waals surface area contributed by atoms with Crippen LogP contribution in [0.1, 0.15) is 55.1 Å². The Morgan fingerprint density at radius 3 is 2.70 bits per heavy atom. The number of rotatable bonds is 6. The van der Waals surface area contributed by atoms with E-state index in [-0.39, 0.29) is 29.3 Å². The Kier molecular flexibility index (Phi) is 6.14. The summed E-state index contributed by atoms with van der Waals surface area (Å²) < 4.78 is 19.1. The molecule has 1 aliphatic heterocycles. The van der Waals surface area contributed by atoms with E-state index in [2.05, 4.69) is 12.2 Å². The molecule has 0 spiro atoms. The smallest absolute Gasteiger partial charge is 0.289 e. The van der Waals surface area contributed by atoms with Crippen molar-refractivity contribution in [3.63, 3.8) is 0 Å². The van der Waals surface area contributed by atoms with Crippen LogP contribution < -0.4 is 5.32 Å². The summed E-state index contributed by atoms with van der Waals surface area (Å²) in [6.45, 7) is 5.68. The molecule has 2 aromatic rings. The van der Waals surface area contributed by atoms with E-state index in [9.17, 15) is 14.0 Å². The van der Waals surface area contributed by atoms with Gasteiger partial charge in [-0.2, -0.15) is 0 Å². The predicted octanol–water partition coefficient (Wildman–Crippen LogP) is 4.04. The summed E-state index contributed by atoms with van der Waals surface area (Å²) in [4.78, 5) is 26.8. The standard InChI is InChI=1S/C21H27FN2O3/c1-3-4-5-10-23-20(25)15-8-11-24(12-9-15)21(26)19-14(2)17-13-16(22)6-7-18(17)27-19/h6-7,13,15H,3-5,8-12H2,1-2H3,(H,23,25). The van der Waals surface area contributed by atoms with Crippen molar-refractivity contribution >= 4 is 22.8 Å². The van der Waals surface area contributed by atoms with E-state index in [0.717, 1.165) is 25.8 Å². The molecule has 1 saturated heterocycles. The zero-order valence-electron chi connectivity index (χ0n) is 16.0. The topological polar surface area (TPSA) is 62.6 Å². The monoisotopic (exact) mass is 374 g/mol. The van der Waals surface area contributed by atoms with E-state index in [1.165, 1.54) is 12.1 Å². The molecule has 0 atom stereocenters. The zero-order valence-corrected chi connectivity index (χ0v) is 16.0. The SMILES string of the molecule is CCCCCNC(=O)C1CCN(C(=O)c2oc3ccc(F)cc3c2C)CC1. The number of carbonyl (C=O) groups excluding carboxylic acids is 2. The van der Waals surface area contributed by atoms with E-state index < -0.39 is 0 Å². The maximum absolute atomic E-state index is 13.5. The van der Waals surface area contributed by atoms with Crippen LogP contribution in [0.2, 0.25) is 0 Å². The summed E-state index contributed by atoms with van der Waals surface area (Å²) in [6, 6.07) is 4.26. The van der Waals surface area contributed by atoms with E-state index in [4.69, 9.17) is 4.42 Å². The molecule has 0 aliphatic carbocycles. The number of nitrogens with one attached hydrogen (secondary N) is 1. The van der Waals surface area contributed by atoms with Gasteiger partial charge < -0.3 is 14.6 Å². The van der Waals surface area contributed by atoms with Gasteiger partial charge in [-0.15, -0.1) is 0 Å². The van der Waals surface area contributed by atoms with Crippen LogP contribution >= 0.6 is 0 Å². The molecule has 1 fully saturated rings. The molecule has 0 radical (unpaired) electrons. The summed E-state index contributed by atoms with van der Waals surface area (Å²) >= 11 is 0. The van der Waals surface area contributed by atoms with E-state index in [0.29, 0.717) is 42.5 Å². The second kappa shape index (κ2) is 8.55. The van der Waals surface area contributed by atoms with Gasteiger partial charge in [0.25, 0.3) is 5.91 Å². The van der Waals surface area contributed by atoms with Gasteiger partial charge in [-0.25, -0.2) is 4.39 Å². The fourth-order valence-electron chi connectivity index (χ4n) is 3.62. The number of carbonyl (C=O) groups is 2. The highest BCUT2D eigenvalue weighted by Crippen LogP contribution is 2.28. The van der Waals surface area contributed by atoms with Crippen molar-refractivity contribution < 1.29 is 18.4 Å². The Morgan fingerprint density at radius 1 is 1.26 bits per heavy atom. The van der Waals surface area contributed by atoms with Gasteiger partial charge in [0.05, 0.1) is 0 Å². The Labute approximate surface area is 158 Å². The van der Waals surface area contributed by atoms with Crippen molar-refractivity contribution in [1.29, 1.82) is 0 Å². The highest BCUT2D eigenvalue weighted by atomic mass is 19.1. The molecule has 0 bridgehead atoms. The molecule has 1 aromatic heterocycles. The predicted molar refractivity (Wildman–Crippen MR) is 102 cm³/mol. The number of hydrogen-bond donors (Lipinski definition) is 1. The van der Waals surface area contributed by atoms with Crippen molar-refractivity contribution in [2.24, 2.45) is 5.92 Å². The number of benzene rings is 1. The van der Waals surface area contributed by atoms with Gasteiger partial charge in [-0.3, -0.25) is 9.59 Å². The fourth-order valence-corrected chi connectivity index (χ4v) is 3.62. The van der Waals surface area contributed by atoms with Gasteiger partial charge in [-0.05, 0) is 44.4 Å². The zero-order chi connectivity index (χ0) is 19.4. The van der Waals surface area contributed by atoms with Crippen LogP contribution in [0, 0.1) is 18.7 Å². The summed E-state index contributed by atoms with van der Waals surface area (Å²) in [5, 5.41) is 3.62. The number of halogens is 1. The molecule has 146 valence electrons. The summed E-state index contributed by atoms with van der Waals surface area (Å²) in [7, 11) is 0. The van der Waals surface area contributed by atoms with E-state index in [1.807, 2.05) is 0 Å². The number of unbranched alkanes of at least 4 members (excludes halogenated alkanes) is 2. The maximum Gasteiger partial charge on any atom is 0.289 e. The second-order valence-electron chi connectivity index (χ2n) is 7.26. The summed E-state index contributed by atoms with van der Waals surface area (Å²) in [5.41, 5.74) is 1.17. The number of likely N-dealkylation sites (tertiary alicyclic amines) is 1. The van der Waals surface area contributed by atoms with Gasteiger partial charge in [-0.1, -0.05) is 19.8 Å². The number of nitrogens with zero attached hydrogens (tertiary/aromatic N) is 1. The first-order valence-electron chi connectivity index (χ1n) is 9.77. The fraction of sp³-hybridized carbons (Fsp3) is 0.524. The number of aryl methyl sites for hydroxylation is 1. The minimum Gasteiger partial charge on any atom is -0.451 e. The van der Waals surface area contributed by atoms with Gasteiger partial charge in [0.15, 0.2) is 5.76 Å². The molecular weight excluding hydrogens is 347 g/mol. The molecule has 0 unspecified atom stereocenters. The number of piperidine rings is 1. The Bertz CT molecular complexity index is 822. The Hall–Kier alpha value is -2.37. The third kappa shape index (κ3) is 4.31. The molecule has 0 saturated carbocycles. The van der Waals surface area contributed by atoms with Crippen LogP contribution in [0.5, 0.6) is 0 Å². The quantitative estimate of drug-likeness (QED) is 0.776. The lowest BCUT2D eigenvalue weighted by molar-refractivity contribution is -0.126. The normalized spacial score (nSPS) is 15.3. The third-order valence-electron chi connectivity index (χ3n) is 5.32. The molecule has 5 nitrogen and oxygen atoms in total. The van der Waals surface area contributed by atoms with Gasteiger partial charge >= 0.3 is 0 Å². The first kappa shape index (κ1) is 19.4. The lowest BCUT2D eigenvalue weighted by Gasteiger charge is -2.31. The third-order valence-corrected chi connectivity index (χ3v) is 5.32. The molecule has 1 aliphatic rings. The highest BCUT2D eigenvalue weighted by Gasteiger charge is 2.30. The van der Waals surface area contributed by atoms with Crippen LogP contribution in [0.3, 0.4) is 0 Å². The van der Waals surface area contributed by atoms with Gasteiger partial charge in [0.1, 0.15) is 11.4 Å². The van der Waals surface area contributed by atoms with Crippen LogP contribution in [0.25, 0.3) is 11.0 Å². The van der Waals surface area contributed by atoms with Crippen molar-refractivity contribution in [1.82, 2.24) is 10.2 Å². The first-order valence-corrected chi connectivity index (χ1v) is 9.77. The molecule has 6 heteroatoms. The lowest BCUT2D eigenvalue weighted by Crippen LogP contribution is -2.43. The van der Waals surface area contributed by atoms with Crippen molar-refractivity contribution in [2.75, 3.05) is 19.6 Å². The average Bonchev–Trinajstić information content (AvgIpc) is 3.01. The Morgan fingerprint density at radius 2 is 2.00 bits per heavy atom. The van der Waals surface area contributed by atoms with Gasteiger partial charge in [0, 0.05) is 36.5 Å². The molecular formula is C21H27FN2O3. The van der Waals surface area contributed by atoms with Crippen molar-refractivity contribution in [2.45, 2.75) is 46.0 Å². The molecule has 1 aromatic carbocycles. The van der Waals surface area contributed by atoms with Gasteiger partial charge in [0.2, 0.25) is 5.91 Å². The van der Waals surface area contributed by atoms with E-state index in [1.54, 1.807) is 17.9 Å². The lowest BCUT2D eigenvalue weighted by atomic mass is 9.95. The highest BCUT2D eigenvalue weighted by molar-refractivity contribution is 5.99. The molecule has 27 heavy (non-hydrogen) atoms. The first-order chi connectivity index (χ1) is 13.0. The van der Waals surface area contributed by atoms with Crippen LogP contribution in [0.4, 0.5) is 4.39 Å². The minimum absolute atomic E-state index is 0.0402. The molecule has 3 rings (SSSR count). The summed E-state index contributed by atoms with van der Waals surface area (Å²) in [6.07, 6.45) is 4.56.